The van der Waals surface area contributed by atoms with Crippen molar-refractivity contribution in [1.82, 2.24) is 9.62 Å². The number of nitrogens with one attached hydrogen (secondary N) is 1. The topological polar surface area (TPSA) is 66.5 Å². The van der Waals surface area contributed by atoms with E-state index >= 15 is 0 Å². The zero-order valence-corrected chi connectivity index (χ0v) is 18.4. The average molecular weight is 415 g/mol. The molecule has 1 fully saturated rings. The summed E-state index contributed by atoms with van der Waals surface area (Å²) in [6.07, 6.45) is 1.74. The summed E-state index contributed by atoms with van der Waals surface area (Å²) in [6, 6.07) is 12.3. The smallest absolute Gasteiger partial charge is 0.251 e. The van der Waals surface area contributed by atoms with Gasteiger partial charge in [0.15, 0.2) is 0 Å². The summed E-state index contributed by atoms with van der Waals surface area (Å²) in [7, 11) is -3.58. The molecule has 1 atom stereocenters. The lowest BCUT2D eigenvalue weighted by Gasteiger charge is -2.29. The van der Waals surface area contributed by atoms with Gasteiger partial charge in [-0.25, -0.2) is 8.42 Å². The summed E-state index contributed by atoms with van der Waals surface area (Å²) >= 11 is 0. The van der Waals surface area contributed by atoms with Gasteiger partial charge in [-0.2, -0.15) is 4.31 Å². The van der Waals surface area contributed by atoms with Crippen LogP contribution in [0.3, 0.4) is 0 Å². The molecule has 1 amide bonds. The van der Waals surface area contributed by atoms with Crippen LogP contribution in [0, 0.1) is 19.8 Å². The number of hydrogen-bond donors (Lipinski definition) is 1. The molecule has 0 spiro atoms. The van der Waals surface area contributed by atoms with Gasteiger partial charge in [0.25, 0.3) is 5.91 Å². The molecule has 0 unspecified atom stereocenters. The number of amides is 1. The first-order valence-electron chi connectivity index (χ1n) is 10.2. The molecule has 0 saturated carbocycles. The number of nitrogens with zero attached hydrogens (tertiary/aromatic N) is 1. The molecule has 29 heavy (non-hydrogen) atoms. The summed E-state index contributed by atoms with van der Waals surface area (Å²) in [4.78, 5) is 13.0. The Morgan fingerprint density at radius 1 is 1.10 bits per heavy atom. The predicted octanol–water partition coefficient (Wildman–Crippen LogP) is 4.22. The van der Waals surface area contributed by atoms with Crippen LogP contribution in [-0.2, 0) is 10.0 Å². The van der Waals surface area contributed by atoms with Crippen molar-refractivity contribution in [3.8, 4) is 0 Å². The molecular formula is C23H30N2O3S. The van der Waals surface area contributed by atoms with Gasteiger partial charge in [0, 0.05) is 18.7 Å². The van der Waals surface area contributed by atoms with E-state index in [1.807, 2.05) is 32.9 Å². The van der Waals surface area contributed by atoms with E-state index in [1.165, 1.54) is 15.9 Å². The van der Waals surface area contributed by atoms with Crippen molar-refractivity contribution in [1.29, 1.82) is 0 Å². The second-order valence-electron chi connectivity index (χ2n) is 8.17. The van der Waals surface area contributed by atoms with Gasteiger partial charge in [0.05, 0.1) is 10.9 Å². The maximum Gasteiger partial charge on any atom is 0.251 e. The van der Waals surface area contributed by atoms with Crippen LogP contribution >= 0.6 is 0 Å². The molecule has 2 aromatic carbocycles. The van der Waals surface area contributed by atoms with Crippen LogP contribution in [0.15, 0.2) is 47.4 Å². The van der Waals surface area contributed by atoms with E-state index in [9.17, 15) is 13.2 Å². The van der Waals surface area contributed by atoms with Gasteiger partial charge >= 0.3 is 0 Å². The number of sulfonamides is 1. The van der Waals surface area contributed by atoms with E-state index < -0.39 is 10.0 Å². The predicted molar refractivity (Wildman–Crippen MR) is 115 cm³/mol. The van der Waals surface area contributed by atoms with E-state index in [2.05, 4.69) is 18.3 Å². The summed E-state index contributed by atoms with van der Waals surface area (Å²) < 4.78 is 27.5. The molecule has 1 aliphatic rings. The monoisotopic (exact) mass is 414 g/mol. The lowest BCUT2D eigenvalue weighted by molar-refractivity contribution is 0.0939. The zero-order chi connectivity index (χ0) is 21.2. The minimum Gasteiger partial charge on any atom is -0.346 e. The Bertz CT molecular complexity index is 993. The largest absolute Gasteiger partial charge is 0.346 e. The summed E-state index contributed by atoms with van der Waals surface area (Å²) in [6.45, 7) is 9.21. The van der Waals surface area contributed by atoms with E-state index in [0.717, 1.165) is 24.0 Å². The normalized spacial score (nSPS) is 17.1. The molecule has 1 aliphatic heterocycles. The fourth-order valence-electron chi connectivity index (χ4n) is 3.84. The van der Waals surface area contributed by atoms with Gasteiger partial charge in [0.1, 0.15) is 0 Å². The van der Waals surface area contributed by atoms with E-state index in [1.54, 1.807) is 18.2 Å². The van der Waals surface area contributed by atoms with Crippen LogP contribution in [0.4, 0.5) is 0 Å². The molecule has 2 aromatic rings. The standard InChI is InChI=1S/C23H30N2O3S/c1-16-10-12-25(13-11-16)29(27,28)21-7-5-6-20(15-21)23(26)24-19(4)22-9-8-17(2)14-18(22)3/h5-9,14-16,19H,10-13H2,1-4H3,(H,24,26)/t19-/m0/s1. The second-order valence-corrected chi connectivity index (χ2v) is 10.1. The van der Waals surface area contributed by atoms with Crippen LogP contribution < -0.4 is 5.32 Å². The van der Waals surface area contributed by atoms with Crippen molar-refractivity contribution in [3.05, 3.63) is 64.7 Å². The third kappa shape index (κ3) is 4.87. The maximum atomic E-state index is 13.0. The van der Waals surface area contributed by atoms with Crippen LogP contribution in [0.5, 0.6) is 0 Å². The molecule has 0 aromatic heterocycles. The number of benzene rings is 2. The molecule has 156 valence electrons. The van der Waals surface area contributed by atoms with Gasteiger partial charge < -0.3 is 5.32 Å². The molecule has 6 heteroatoms. The molecular weight excluding hydrogens is 384 g/mol. The van der Waals surface area contributed by atoms with Crippen LogP contribution in [0.1, 0.15) is 59.8 Å². The van der Waals surface area contributed by atoms with Crippen LogP contribution in [0.25, 0.3) is 0 Å². The van der Waals surface area contributed by atoms with Crippen molar-refractivity contribution in [2.24, 2.45) is 5.92 Å². The molecule has 0 radical (unpaired) electrons. The van der Waals surface area contributed by atoms with Crippen molar-refractivity contribution < 1.29 is 13.2 Å². The lowest BCUT2D eigenvalue weighted by Crippen LogP contribution is -2.38. The van der Waals surface area contributed by atoms with Crippen LogP contribution in [-0.4, -0.2) is 31.7 Å². The van der Waals surface area contributed by atoms with E-state index in [-0.39, 0.29) is 16.8 Å². The fraction of sp³-hybridized carbons (Fsp3) is 0.435. The van der Waals surface area contributed by atoms with Crippen molar-refractivity contribution >= 4 is 15.9 Å². The van der Waals surface area contributed by atoms with Crippen molar-refractivity contribution in [2.45, 2.75) is 51.5 Å². The fourth-order valence-corrected chi connectivity index (χ4v) is 5.36. The first-order chi connectivity index (χ1) is 13.7. The Morgan fingerprint density at radius 3 is 2.45 bits per heavy atom. The second kappa shape index (κ2) is 8.67. The molecule has 0 aliphatic carbocycles. The minimum atomic E-state index is -3.58. The van der Waals surface area contributed by atoms with Crippen LogP contribution in [0.2, 0.25) is 0 Å². The maximum absolute atomic E-state index is 13.0. The molecule has 1 heterocycles. The zero-order valence-electron chi connectivity index (χ0n) is 17.6. The number of aryl methyl sites for hydroxylation is 2. The Balaban J connectivity index is 1.77. The molecule has 3 rings (SSSR count). The van der Waals surface area contributed by atoms with Crippen molar-refractivity contribution in [2.75, 3.05) is 13.1 Å². The Morgan fingerprint density at radius 2 is 1.79 bits per heavy atom. The molecule has 1 saturated heterocycles. The highest BCUT2D eigenvalue weighted by Gasteiger charge is 2.28. The highest BCUT2D eigenvalue weighted by molar-refractivity contribution is 7.89. The third-order valence-corrected chi connectivity index (χ3v) is 7.61. The lowest BCUT2D eigenvalue weighted by atomic mass is 10.00. The average Bonchev–Trinajstić information content (AvgIpc) is 2.68. The van der Waals surface area contributed by atoms with Gasteiger partial charge in [-0.3, -0.25) is 4.79 Å². The number of rotatable bonds is 5. The van der Waals surface area contributed by atoms with Crippen molar-refractivity contribution in [3.63, 3.8) is 0 Å². The SMILES string of the molecule is Cc1ccc([C@H](C)NC(=O)c2cccc(S(=O)(=O)N3CCC(C)CC3)c2)c(C)c1. The molecule has 5 nitrogen and oxygen atoms in total. The first kappa shape index (κ1) is 21.5. The van der Waals surface area contributed by atoms with E-state index in [4.69, 9.17) is 0 Å². The van der Waals surface area contributed by atoms with Gasteiger partial charge in [-0.05, 0) is 68.9 Å². The Kier molecular flexibility index (Phi) is 6.44. The molecule has 0 bridgehead atoms. The Labute approximate surface area is 174 Å². The third-order valence-electron chi connectivity index (χ3n) is 5.72. The number of piperidine rings is 1. The minimum absolute atomic E-state index is 0.174. The summed E-state index contributed by atoms with van der Waals surface area (Å²) in [5, 5.41) is 2.99. The van der Waals surface area contributed by atoms with Gasteiger partial charge in [0.2, 0.25) is 10.0 Å². The highest BCUT2D eigenvalue weighted by atomic mass is 32.2. The first-order valence-corrected chi connectivity index (χ1v) is 11.6. The van der Waals surface area contributed by atoms with Gasteiger partial charge in [-0.15, -0.1) is 0 Å². The summed E-state index contributed by atoms with van der Waals surface area (Å²) in [5.41, 5.74) is 3.70. The summed E-state index contributed by atoms with van der Waals surface area (Å²) in [5.74, 6) is 0.270. The highest BCUT2D eigenvalue weighted by Crippen LogP contribution is 2.24. The number of carbonyl (C=O) groups excluding carboxylic acids is 1. The quantitative estimate of drug-likeness (QED) is 0.797. The number of carbonyl (C=O) groups is 1. The van der Waals surface area contributed by atoms with Gasteiger partial charge in [-0.1, -0.05) is 36.8 Å². The molecule has 1 N–H and O–H groups in total. The number of hydrogen-bond acceptors (Lipinski definition) is 3. The van der Waals surface area contributed by atoms with E-state index in [0.29, 0.717) is 24.6 Å². The Hall–Kier alpha value is -2.18.